The lowest BCUT2D eigenvalue weighted by Gasteiger charge is -2.25. The molecular weight excluding hydrogens is 729 g/mol. The molecule has 0 aliphatic carbocycles. The fourth-order valence-electron chi connectivity index (χ4n) is 5.32. The van der Waals surface area contributed by atoms with Crippen molar-refractivity contribution in [2.45, 2.75) is 57.3 Å². The standard InChI is InChI=1S/C16H17F3N4O3S.C15H16F3N3O2S/c17-16(18,19)26-9-4-5-10-12(7-9)27-15(22-10)23-13(24)8-21-14(25)11-3-1-2-6-20-11;16-15(17,18)23-10-4-5-11-12(8-10)24-14(19-11)20-13(22)9-21-6-2-1-3-7-21/h4-5,7,11,20H,1-3,6,8H2,(H,21,25)(H,22,23,24);4-5,8H,1-3,6-7,9H2,(H,19,20,22)/t11-;/m0./s1. The molecule has 2 aromatic heterocycles. The number of benzene rings is 2. The second-order valence-electron chi connectivity index (χ2n) is 11.5. The van der Waals surface area contributed by atoms with Gasteiger partial charge in [-0.3, -0.25) is 19.3 Å². The highest BCUT2D eigenvalue weighted by molar-refractivity contribution is 7.22. The van der Waals surface area contributed by atoms with Gasteiger partial charge in [-0.2, -0.15) is 0 Å². The van der Waals surface area contributed by atoms with Crippen LogP contribution in [-0.4, -0.2) is 84.1 Å². The zero-order valence-electron chi connectivity index (χ0n) is 26.8. The minimum atomic E-state index is -4.78. The Hall–Kier alpha value is -4.27. The summed E-state index contributed by atoms with van der Waals surface area (Å²) in [7, 11) is 0. The molecule has 4 N–H and O–H groups in total. The maximum Gasteiger partial charge on any atom is 0.573 e. The molecule has 276 valence electrons. The normalized spacial score (nSPS) is 16.9. The van der Waals surface area contributed by atoms with Gasteiger partial charge in [0.1, 0.15) is 11.5 Å². The van der Waals surface area contributed by atoms with Crippen molar-refractivity contribution in [1.29, 1.82) is 0 Å². The first-order valence-electron chi connectivity index (χ1n) is 15.8. The molecule has 6 rings (SSSR count). The molecule has 2 aliphatic rings. The summed E-state index contributed by atoms with van der Waals surface area (Å²) in [5.41, 5.74) is 0.947. The first-order chi connectivity index (χ1) is 24.2. The summed E-state index contributed by atoms with van der Waals surface area (Å²) < 4.78 is 82.3. The molecule has 51 heavy (non-hydrogen) atoms. The van der Waals surface area contributed by atoms with Crippen LogP contribution in [0.3, 0.4) is 0 Å². The lowest BCUT2D eigenvalue weighted by atomic mass is 10.0. The maximum atomic E-state index is 12.3. The monoisotopic (exact) mass is 761 g/mol. The van der Waals surface area contributed by atoms with Crippen LogP contribution in [0.2, 0.25) is 0 Å². The van der Waals surface area contributed by atoms with Gasteiger partial charge in [-0.05, 0) is 69.6 Å². The first-order valence-corrected chi connectivity index (χ1v) is 17.5. The topological polar surface area (TPSA) is 147 Å². The number of rotatable bonds is 9. The van der Waals surface area contributed by atoms with Crippen LogP contribution in [0, 0.1) is 0 Å². The third-order valence-corrected chi connectivity index (χ3v) is 9.41. The maximum absolute atomic E-state index is 12.3. The van der Waals surface area contributed by atoms with E-state index in [0.717, 1.165) is 80.5 Å². The number of carbonyl (C=O) groups excluding carboxylic acids is 3. The van der Waals surface area contributed by atoms with Gasteiger partial charge in [0.25, 0.3) is 0 Å². The van der Waals surface area contributed by atoms with E-state index >= 15 is 0 Å². The number of nitrogens with zero attached hydrogens (tertiary/aromatic N) is 3. The molecule has 4 heterocycles. The Morgan fingerprint density at radius 3 is 1.84 bits per heavy atom. The number of alkyl halides is 6. The zero-order valence-corrected chi connectivity index (χ0v) is 28.4. The molecule has 0 saturated carbocycles. The number of amides is 3. The highest BCUT2D eigenvalue weighted by atomic mass is 32.1. The van der Waals surface area contributed by atoms with E-state index in [9.17, 15) is 40.7 Å². The van der Waals surface area contributed by atoms with Gasteiger partial charge in [-0.25, -0.2) is 9.97 Å². The largest absolute Gasteiger partial charge is 0.573 e. The smallest absolute Gasteiger partial charge is 0.406 e. The third kappa shape index (κ3) is 12.2. The minimum absolute atomic E-state index is 0.164. The first kappa shape index (κ1) is 38.0. The predicted octanol–water partition coefficient (Wildman–Crippen LogP) is 6.01. The highest BCUT2D eigenvalue weighted by Gasteiger charge is 2.32. The molecule has 0 bridgehead atoms. The second-order valence-corrected chi connectivity index (χ2v) is 13.6. The van der Waals surface area contributed by atoms with Gasteiger partial charge in [-0.1, -0.05) is 35.5 Å². The van der Waals surface area contributed by atoms with Crippen molar-refractivity contribution >= 4 is 71.1 Å². The Balaban J connectivity index is 0.000000199. The van der Waals surface area contributed by atoms with Crippen molar-refractivity contribution in [2.75, 3.05) is 43.4 Å². The molecule has 3 amide bonds. The fraction of sp³-hybridized carbons (Fsp3) is 0.452. The molecule has 2 saturated heterocycles. The van der Waals surface area contributed by atoms with Crippen LogP contribution in [0.1, 0.15) is 38.5 Å². The summed E-state index contributed by atoms with van der Waals surface area (Å²) in [6.07, 6.45) is -3.41. The van der Waals surface area contributed by atoms with Crippen LogP contribution in [0.15, 0.2) is 36.4 Å². The van der Waals surface area contributed by atoms with Crippen LogP contribution in [0.5, 0.6) is 11.5 Å². The van der Waals surface area contributed by atoms with Gasteiger partial charge in [0, 0.05) is 12.1 Å². The summed E-state index contributed by atoms with van der Waals surface area (Å²) in [4.78, 5) is 46.4. The highest BCUT2D eigenvalue weighted by Crippen LogP contribution is 2.33. The number of likely N-dealkylation sites (tertiary alicyclic amines) is 1. The van der Waals surface area contributed by atoms with E-state index in [4.69, 9.17) is 0 Å². The number of carbonyl (C=O) groups is 3. The molecule has 2 fully saturated rings. The number of nitrogens with one attached hydrogen (secondary N) is 4. The number of halogens is 6. The van der Waals surface area contributed by atoms with Gasteiger partial charge in [-0.15, -0.1) is 26.3 Å². The number of hydrogen-bond acceptors (Lipinski definition) is 11. The van der Waals surface area contributed by atoms with E-state index in [1.165, 1.54) is 36.8 Å². The summed E-state index contributed by atoms with van der Waals surface area (Å²) in [5, 5.41) is 11.5. The number of fused-ring (bicyclic) bond motifs is 2. The summed E-state index contributed by atoms with van der Waals surface area (Å²) in [6.45, 7) is 2.68. The van der Waals surface area contributed by atoms with E-state index in [2.05, 4.69) is 45.6 Å². The number of aromatic nitrogens is 2. The van der Waals surface area contributed by atoms with Crippen LogP contribution in [0.4, 0.5) is 36.6 Å². The Morgan fingerprint density at radius 2 is 1.33 bits per heavy atom. The summed E-state index contributed by atoms with van der Waals surface area (Å²) in [5.74, 6) is -1.52. The average molecular weight is 762 g/mol. The molecule has 4 aromatic rings. The Labute approximate surface area is 294 Å². The minimum Gasteiger partial charge on any atom is -0.406 e. The van der Waals surface area contributed by atoms with Gasteiger partial charge in [0.15, 0.2) is 10.3 Å². The summed E-state index contributed by atoms with van der Waals surface area (Å²) >= 11 is 2.13. The molecule has 0 radical (unpaired) electrons. The third-order valence-electron chi connectivity index (χ3n) is 7.55. The van der Waals surface area contributed by atoms with Crippen LogP contribution >= 0.6 is 22.7 Å². The van der Waals surface area contributed by atoms with Crippen molar-refractivity contribution in [2.24, 2.45) is 0 Å². The Morgan fingerprint density at radius 1 is 0.784 bits per heavy atom. The van der Waals surface area contributed by atoms with Gasteiger partial charge >= 0.3 is 12.7 Å². The fourth-order valence-corrected chi connectivity index (χ4v) is 7.14. The number of thiazole rings is 2. The Bertz CT molecular complexity index is 1820. The van der Waals surface area contributed by atoms with Crippen LogP contribution < -0.4 is 30.7 Å². The van der Waals surface area contributed by atoms with E-state index < -0.39 is 18.6 Å². The number of piperidine rings is 2. The van der Waals surface area contributed by atoms with Crippen LogP contribution in [-0.2, 0) is 14.4 Å². The average Bonchev–Trinajstić information content (AvgIpc) is 3.65. The zero-order chi connectivity index (χ0) is 36.6. The molecule has 0 unspecified atom stereocenters. The van der Waals surface area contributed by atoms with E-state index in [-0.39, 0.29) is 41.0 Å². The Kier molecular flexibility index (Phi) is 12.5. The van der Waals surface area contributed by atoms with Crippen molar-refractivity contribution in [3.8, 4) is 11.5 Å². The van der Waals surface area contributed by atoms with E-state index in [1.54, 1.807) is 0 Å². The van der Waals surface area contributed by atoms with Crippen molar-refractivity contribution in [3.63, 3.8) is 0 Å². The predicted molar refractivity (Wildman–Crippen MR) is 179 cm³/mol. The SMILES string of the molecule is O=C(CN1CCCCC1)Nc1nc2ccc(OC(F)(F)F)cc2s1.O=C(CNC(=O)[C@@H]1CCCCN1)Nc1nc2ccc(OC(F)(F)F)cc2s1. The quantitative estimate of drug-likeness (QED) is 0.151. The molecule has 2 aromatic carbocycles. The van der Waals surface area contributed by atoms with E-state index in [0.29, 0.717) is 32.1 Å². The van der Waals surface area contributed by atoms with E-state index in [1.807, 2.05) is 0 Å². The number of ether oxygens (including phenoxy) is 2. The van der Waals surface area contributed by atoms with Gasteiger partial charge in [0.2, 0.25) is 17.7 Å². The molecule has 2 aliphatic heterocycles. The number of anilines is 2. The van der Waals surface area contributed by atoms with Crippen LogP contribution in [0.25, 0.3) is 20.4 Å². The van der Waals surface area contributed by atoms with Gasteiger partial charge < -0.3 is 30.7 Å². The van der Waals surface area contributed by atoms with Crippen molar-refractivity contribution < 1.29 is 50.2 Å². The molecule has 20 heteroatoms. The van der Waals surface area contributed by atoms with Crippen molar-refractivity contribution in [3.05, 3.63) is 36.4 Å². The molecule has 1 atom stereocenters. The molecular formula is C31H33F6N7O5S2. The lowest BCUT2D eigenvalue weighted by Crippen LogP contribution is -2.48. The lowest BCUT2D eigenvalue weighted by molar-refractivity contribution is -0.275. The molecule has 12 nitrogen and oxygen atoms in total. The van der Waals surface area contributed by atoms with Gasteiger partial charge in [0.05, 0.1) is 39.6 Å². The molecule has 0 spiro atoms. The summed E-state index contributed by atoms with van der Waals surface area (Å²) in [6, 6.07) is 7.34. The second kappa shape index (κ2) is 16.8. The number of hydrogen-bond donors (Lipinski definition) is 4. The van der Waals surface area contributed by atoms with Crippen molar-refractivity contribution in [1.82, 2.24) is 25.5 Å².